The quantitative estimate of drug-likeness (QED) is 0.902. The van der Waals surface area contributed by atoms with E-state index in [1.807, 2.05) is 19.9 Å². The van der Waals surface area contributed by atoms with Crippen LogP contribution >= 0.6 is 11.3 Å². The van der Waals surface area contributed by atoms with Gasteiger partial charge in [0.05, 0.1) is 6.54 Å². The Morgan fingerprint density at radius 2 is 2.26 bits per heavy atom. The molecule has 19 heavy (non-hydrogen) atoms. The minimum absolute atomic E-state index is 0.0383. The fraction of sp³-hybridized carbons (Fsp3) is 0.231. The Morgan fingerprint density at radius 1 is 1.53 bits per heavy atom. The minimum Gasteiger partial charge on any atom is -0.478 e. The van der Waals surface area contributed by atoms with Crippen molar-refractivity contribution in [2.45, 2.75) is 20.4 Å². The van der Waals surface area contributed by atoms with Gasteiger partial charge in [-0.1, -0.05) is 0 Å². The second kappa shape index (κ2) is 5.36. The summed E-state index contributed by atoms with van der Waals surface area (Å²) in [6.45, 7) is 4.46. The molecule has 0 amide bonds. The lowest BCUT2D eigenvalue weighted by Crippen LogP contribution is -2.07. The molecule has 0 unspecified atom stereocenters. The smallest absolute Gasteiger partial charge is 0.338 e. The lowest BCUT2D eigenvalue weighted by Gasteiger charge is -2.06. The molecule has 0 aromatic carbocycles. The number of aromatic carboxylic acids is 1. The number of hydrogen-bond acceptors (Lipinski definition) is 4. The molecule has 0 bridgehead atoms. The topological polar surface area (TPSA) is 62.2 Å². The SMILES string of the molecule is Cc1cc(CNc2nccc(C(=O)O)c2F)sc1C. The van der Waals surface area contributed by atoms with E-state index in [0.29, 0.717) is 6.54 Å². The normalized spacial score (nSPS) is 10.5. The number of anilines is 1. The molecule has 2 heterocycles. The van der Waals surface area contributed by atoms with Crippen LogP contribution in [0.3, 0.4) is 0 Å². The lowest BCUT2D eigenvalue weighted by molar-refractivity contribution is 0.0692. The van der Waals surface area contributed by atoms with Crippen molar-refractivity contribution < 1.29 is 14.3 Å². The number of thiophene rings is 1. The number of aryl methyl sites for hydroxylation is 2. The highest BCUT2D eigenvalue weighted by Gasteiger charge is 2.15. The van der Waals surface area contributed by atoms with E-state index in [9.17, 15) is 9.18 Å². The molecule has 0 aliphatic carbocycles. The molecule has 100 valence electrons. The molecule has 4 nitrogen and oxygen atoms in total. The van der Waals surface area contributed by atoms with Gasteiger partial charge in [0, 0.05) is 16.0 Å². The number of halogens is 1. The van der Waals surface area contributed by atoms with Crippen LogP contribution < -0.4 is 5.32 Å². The molecule has 0 aliphatic heterocycles. The monoisotopic (exact) mass is 280 g/mol. The number of nitrogens with one attached hydrogen (secondary N) is 1. The highest BCUT2D eigenvalue weighted by atomic mass is 32.1. The van der Waals surface area contributed by atoms with Crippen molar-refractivity contribution in [2.75, 3.05) is 5.32 Å². The maximum Gasteiger partial charge on any atom is 0.338 e. The number of aromatic nitrogens is 1. The molecule has 2 rings (SSSR count). The molecule has 0 atom stereocenters. The summed E-state index contributed by atoms with van der Waals surface area (Å²) in [5, 5.41) is 11.6. The summed E-state index contributed by atoms with van der Waals surface area (Å²) < 4.78 is 13.8. The Balaban J connectivity index is 2.16. The molecule has 0 saturated heterocycles. The summed E-state index contributed by atoms with van der Waals surface area (Å²) in [7, 11) is 0. The van der Waals surface area contributed by atoms with Crippen molar-refractivity contribution in [1.82, 2.24) is 4.98 Å². The van der Waals surface area contributed by atoms with Crippen LogP contribution in [-0.2, 0) is 6.54 Å². The van der Waals surface area contributed by atoms with E-state index >= 15 is 0 Å². The molecule has 2 aromatic rings. The first kappa shape index (κ1) is 13.5. The Hall–Kier alpha value is -1.95. The fourth-order valence-corrected chi connectivity index (χ4v) is 2.63. The fourth-order valence-electron chi connectivity index (χ4n) is 1.64. The van der Waals surface area contributed by atoms with Crippen molar-refractivity contribution in [3.05, 3.63) is 45.0 Å². The van der Waals surface area contributed by atoms with Gasteiger partial charge in [-0.25, -0.2) is 14.2 Å². The highest BCUT2D eigenvalue weighted by molar-refractivity contribution is 7.12. The summed E-state index contributed by atoms with van der Waals surface area (Å²) in [5.41, 5.74) is 0.811. The number of pyridine rings is 1. The van der Waals surface area contributed by atoms with Gasteiger partial charge in [0.1, 0.15) is 5.56 Å². The summed E-state index contributed by atoms with van der Waals surface area (Å²) in [4.78, 5) is 16.9. The van der Waals surface area contributed by atoms with Gasteiger partial charge in [0.15, 0.2) is 11.6 Å². The Labute approximate surface area is 113 Å². The van der Waals surface area contributed by atoms with Crippen LogP contribution in [-0.4, -0.2) is 16.1 Å². The molecule has 0 saturated carbocycles. The molecule has 2 aromatic heterocycles. The first-order valence-electron chi connectivity index (χ1n) is 5.66. The molecule has 0 radical (unpaired) electrons. The van der Waals surface area contributed by atoms with Gasteiger partial charge in [0.2, 0.25) is 0 Å². The van der Waals surface area contributed by atoms with Gasteiger partial charge in [0.25, 0.3) is 0 Å². The molecule has 6 heteroatoms. The predicted octanol–water partition coefficient (Wildman–Crippen LogP) is 3.21. The van der Waals surface area contributed by atoms with E-state index in [1.165, 1.54) is 16.6 Å². The standard InChI is InChI=1S/C13H13FN2O2S/c1-7-5-9(19-8(7)2)6-16-12-11(14)10(13(17)18)3-4-15-12/h3-5H,6H2,1-2H3,(H,15,16)(H,17,18). The zero-order valence-electron chi connectivity index (χ0n) is 10.5. The first-order valence-corrected chi connectivity index (χ1v) is 6.48. The second-order valence-electron chi connectivity index (χ2n) is 4.13. The van der Waals surface area contributed by atoms with E-state index in [2.05, 4.69) is 10.3 Å². The third-order valence-corrected chi connectivity index (χ3v) is 3.92. The molecule has 0 fully saturated rings. The zero-order valence-corrected chi connectivity index (χ0v) is 11.3. The summed E-state index contributed by atoms with van der Waals surface area (Å²) in [5.74, 6) is -2.17. The number of hydrogen-bond donors (Lipinski definition) is 2. The van der Waals surface area contributed by atoms with Gasteiger partial charge in [-0.2, -0.15) is 0 Å². The Morgan fingerprint density at radius 3 is 2.84 bits per heavy atom. The maximum atomic E-state index is 13.8. The van der Waals surface area contributed by atoms with E-state index < -0.39 is 11.8 Å². The van der Waals surface area contributed by atoms with Crippen molar-refractivity contribution in [2.24, 2.45) is 0 Å². The van der Waals surface area contributed by atoms with Crippen LogP contribution in [0.2, 0.25) is 0 Å². The maximum absolute atomic E-state index is 13.8. The highest BCUT2D eigenvalue weighted by Crippen LogP contribution is 2.22. The number of nitrogens with zero attached hydrogens (tertiary/aromatic N) is 1. The number of carbonyl (C=O) groups is 1. The molecular formula is C13H13FN2O2S. The van der Waals surface area contributed by atoms with Crippen LogP contribution in [0.5, 0.6) is 0 Å². The third-order valence-electron chi connectivity index (χ3n) is 2.77. The van der Waals surface area contributed by atoms with Gasteiger partial charge in [-0.3, -0.25) is 0 Å². The largest absolute Gasteiger partial charge is 0.478 e. The van der Waals surface area contributed by atoms with Crippen LogP contribution in [0.4, 0.5) is 10.2 Å². The van der Waals surface area contributed by atoms with Crippen LogP contribution in [0.25, 0.3) is 0 Å². The van der Waals surface area contributed by atoms with E-state index in [1.54, 1.807) is 11.3 Å². The van der Waals surface area contributed by atoms with Crippen LogP contribution in [0.15, 0.2) is 18.3 Å². The van der Waals surface area contributed by atoms with Gasteiger partial charge >= 0.3 is 5.97 Å². The predicted molar refractivity (Wildman–Crippen MR) is 72.3 cm³/mol. The van der Waals surface area contributed by atoms with Gasteiger partial charge in [-0.15, -0.1) is 11.3 Å². The van der Waals surface area contributed by atoms with Crippen molar-refractivity contribution >= 4 is 23.1 Å². The number of rotatable bonds is 4. The number of carboxylic acid groups (broad SMARTS) is 1. The second-order valence-corrected chi connectivity index (χ2v) is 5.47. The zero-order chi connectivity index (χ0) is 14.0. The Bertz CT molecular complexity index is 606. The summed E-state index contributed by atoms with van der Waals surface area (Å²) in [6.07, 6.45) is 1.28. The van der Waals surface area contributed by atoms with E-state index in [0.717, 1.165) is 10.9 Å². The van der Waals surface area contributed by atoms with Crippen molar-refractivity contribution in [3.63, 3.8) is 0 Å². The molecule has 2 N–H and O–H groups in total. The van der Waals surface area contributed by atoms with Gasteiger partial charge < -0.3 is 10.4 Å². The summed E-state index contributed by atoms with van der Waals surface area (Å²) in [6, 6.07) is 3.16. The van der Waals surface area contributed by atoms with E-state index in [-0.39, 0.29) is 11.4 Å². The molecular weight excluding hydrogens is 267 g/mol. The minimum atomic E-state index is -1.30. The summed E-state index contributed by atoms with van der Waals surface area (Å²) >= 11 is 1.62. The third kappa shape index (κ3) is 2.90. The molecule has 0 spiro atoms. The average molecular weight is 280 g/mol. The molecule has 0 aliphatic rings. The van der Waals surface area contributed by atoms with E-state index in [4.69, 9.17) is 5.11 Å². The first-order chi connectivity index (χ1) is 8.99. The average Bonchev–Trinajstić information content (AvgIpc) is 2.67. The van der Waals surface area contributed by atoms with Gasteiger partial charge in [-0.05, 0) is 31.5 Å². The van der Waals surface area contributed by atoms with Crippen LogP contribution in [0.1, 0.15) is 25.7 Å². The van der Waals surface area contributed by atoms with Crippen molar-refractivity contribution in [1.29, 1.82) is 0 Å². The lowest BCUT2D eigenvalue weighted by atomic mass is 10.2. The van der Waals surface area contributed by atoms with Crippen LogP contribution in [0, 0.1) is 19.7 Å². The van der Waals surface area contributed by atoms with Crippen molar-refractivity contribution in [3.8, 4) is 0 Å². The number of carboxylic acids is 1. The Kier molecular flexibility index (Phi) is 3.80.